The van der Waals surface area contributed by atoms with Crippen molar-refractivity contribution < 1.29 is 19.1 Å². The maximum absolute atomic E-state index is 13.3. The van der Waals surface area contributed by atoms with Gasteiger partial charge in [0.15, 0.2) is 0 Å². The average Bonchev–Trinajstić information content (AvgIpc) is 3.29. The second-order valence-electron chi connectivity index (χ2n) is 7.54. The number of imide groups is 1. The van der Waals surface area contributed by atoms with Gasteiger partial charge in [0.2, 0.25) is 11.8 Å². The Morgan fingerprint density at radius 2 is 2.10 bits per heavy atom. The van der Waals surface area contributed by atoms with Gasteiger partial charge >= 0.3 is 6.03 Å². The van der Waals surface area contributed by atoms with Crippen LogP contribution in [0.15, 0.2) is 41.8 Å². The molecule has 2 aliphatic heterocycles. The maximum atomic E-state index is 13.3. The summed E-state index contributed by atoms with van der Waals surface area (Å²) < 4.78 is 5.57. The number of urea groups is 1. The molecule has 2 aromatic rings. The van der Waals surface area contributed by atoms with E-state index in [0.717, 1.165) is 11.3 Å². The lowest BCUT2D eigenvalue weighted by Crippen LogP contribution is -2.68. The van der Waals surface area contributed by atoms with Gasteiger partial charge in [-0.3, -0.25) is 24.7 Å². The van der Waals surface area contributed by atoms with E-state index in [0.29, 0.717) is 31.0 Å². The predicted molar refractivity (Wildman–Crippen MR) is 118 cm³/mol. The number of benzene rings is 1. The lowest BCUT2D eigenvalue weighted by molar-refractivity contribution is -0.143. The lowest BCUT2D eigenvalue weighted by Gasteiger charge is -2.46. The molecule has 8 nitrogen and oxygen atoms in total. The van der Waals surface area contributed by atoms with E-state index in [1.807, 2.05) is 36.6 Å². The number of hydrogen-bond donors (Lipinski definition) is 2. The molecule has 0 radical (unpaired) electrons. The highest BCUT2D eigenvalue weighted by Gasteiger charge is 2.47. The largest absolute Gasteiger partial charge is 0.492 e. The first-order valence-corrected chi connectivity index (χ1v) is 11.4. The number of anilines is 1. The maximum Gasteiger partial charge on any atom is 0.328 e. The molecular weight excluding hydrogens is 416 g/mol. The SMILES string of the molecule is CCOc1ccccc1NC(=O)CN1C(=O)N(Cc2cccs2)C(=O)C2CCCNC21. The van der Waals surface area contributed by atoms with Crippen molar-refractivity contribution in [2.24, 2.45) is 5.92 Å². The fourth-order valence-corrected chi connectivity index (χ4v) is 4.78. The van der Waals surface area contributed by atoms with Crippen LogP contribution in [0.3, 0.4) is 0 Å². The number of fused-ring (bicyclic) bond motifs is 1. The van der Waals surface area contributed by atoms with Crippen molar-refractivity contribution in [1.29, 1.82) is 0 Å². The fourth-order valence-electron chi connectivity index (χ4n) is 4.09. The van der Waals surface area contributed by atoms with Crippen molar-refractivity contribution in [3.63, 3.8) is 0 Å². The van der Waals surface area contributed by atoms with E-state index < -0.39 is 12.2 Å². The molecule has 9 heteroatoms. The molecule has 3 heterocycles. The Labute approximate surface area is 185 Å². The van der Waals surface area contributed by atoms with Crippen LogP contribution in [-0.2, 0) is 16.1 Å². The lowest BCUT2D eigenvalue weighted by atomic mass is 9.91. The molecule has 31 heavy (non-hydrogen) atoms. The molecule has 2 unspecified atom stereocenters. The number of carbonyl (C=O) groups is 3. The number of carbonyl (C=O) groups excluding carboxylic acids is 3. The van der Waals surface area contributed by atoms with Gasteiger partial charge in [-0.1, -0.05) is 18.2 Å². The van der Waals surface area contributed by atoms with Crippen LogP contribution in [-0.4, -0.2) is 53.5 Å². The zero-order valence-corrected chi connectivity index (χ0v) is 18.2. The summed E-state index contributed by atoms with van der Waals surface area (Å²) in [4.78, 5) is 42.9. The Bertz CT molecular complexity index is 949. The molecule has 0 aliphatic carbocycles. The Morgan fingerprint density at radius 1 is 1.26 bits per heavy atom. The van der Waals surface area contributed by atoms with E-state index in [9.17, 15) is 14.4 Å². The Morgan fingerprint density at radius 3 is 2.87 bits per heavy atom. The first-order valence-electron chi connectivity index (χ1n) is 10.5. The fraction of sp³-hybridized carbons (Fsp3) is 0.409. The number of ether oxygens (including phenoxy) is 1. The van der Waals surface area contributed by atoms with Crippen LogP contribution >= 0.6 is 11.3 Å². The summed E-state index contributed by atoms with van der Waals surface area (Å²) in [5, 5.41) is 8.03. The highest BCUT2D eigenvalue weighted by Crippen LogP contribution is 2.30. The van der Waals surface area contributed by atoms with E-state index in [4.69, 9.17) is 4.74 Å². The normalized spacial score (nSPS) is 21.1. The number of hydrogen-bond acceptors (Lipinski definition) is 6. The van der Waals surface area contributed by atoms with E-state index in [1.54, 1.807) is 12.1 Å². The monoisotopic (exact) mass is 442 g/mol. The third-order valence-corrected chi connectivity index (χ3v) is 6.35. The number of rotatable bonds is 7. The summed E-state index contributed by atoms with van der Waals surface area (Å²) in [5.41, 5.74) is 0.554. The van der Waals surface area contributed by atoms with Gasteiger partial charge in [-0.15, -0.1) is 11.3 Å². The third-order valence-electron chi connectivity index (χ3n) is 5.49. The van der Waals surface area contributed by atoms with Gasteiger partial charge in [-0.25, -0.2) is 4.79 Å². The zero-order chi connectivity index (χ0) is 21.8. The summed E-state index contributed by atoms with van der Waals surface area (Å²) in [5.74, 6) is -0.285. The van der Waals surface area contributed by atoms with E-state index in [1.165, 1.54) is 21.1 Å². The third kappa shape index (κ3) is 4.57. The molecule has 2 fully saturated rings. The second kappa shape index (κ2) is 9.49. The van der Waals surface area contributed by atoms with Gasteiger partial charge in [0, 0.05) is 4.88 Å². The van der Waals surface area contributed by atoms with Crippen molar-refractivity contribution in [2.45, 2.75) is 32.5 Å². The summed E-state index contributed by atoms with van der Waals surface area (Å²) in [6, 6.07) is 10.5. The highest BCUT2D eigenvalue weighted by molar-refractivity contribution is 7.09. The number of thiophene rings is 1. The van der Waals surface area contributed by atoms with E-state index in [-0.39, 0.29) is 30.8 Å². The molecule has 0 bridgehead atoms. The van der Waals surface area contributed by atoms with Gasteiger partial charge in [0.1, 0.15) is 12.3 Å². The van der Waals surface area contributed by atoms with Crippen molar-refractivity contribution in [2.75, 3.05) is 25.0 Å². The van der Waals surface area contributed by atoms with Crippen molar-refractivity contribution in [1.82, 2.24) is 15.1 Å². The van der Waals surface area contributed by atoms with Crippen LogP contribution in [0.5, 0.6) is 5.75 Å². The molecule has 4 rings (SSSR count). The first kappa shape index (κ1) is 21.3. The molecular formula is C22H26N4O4S. The molecule has 2 atom stereocenters. The van der Waals surface area contributed by atoms with Crippen LogP contribution in [0.2, 0.25) is 0 Å². The number of nitrogens with zero attached hydrogens (tertiary/aromatic N) is 2. The number of nitrogens with one attached hydrogen (secondary N) is 2. The Hall–Kier alpha value is -2.91. The van der Waals surface area contributed by atoms with Crippen molar-refractivity contribution >= 4 is 34.9 Å². The summed E-state index contributed by atoms with van der Waals surface area (Å²) in [7, 11) is 0. The minimum Gasteiger partial charge on any atom is -0.492 e. The summed E-state index contributed by atoms with van der Waals surface area (Å²) in [6.07, 6.45) is 1.08. The van der Waals surface area contributed by atoms with Crippen LogP contribution < -0.4 is 15.4 Å². The molecule has 2 aliphatic rings. The number of amides is 4. The van der Waals surface area contributed by atoms with Crippen LogP contribution in [0.4, 0.5) is 10.5 Å². The molecule has 164 valence electrons. The first-order chi connectivity index (χ1) is 15.1. The van der Waals surface area contributed by atoms with Gasteiger partial charge in [0.05, 0.1) is 30.9 Å². The van der Waals surface area contributed by atoms with E-state index >= 15 is 0 Å². The number of para-hydroxylation sites is 2. The molecule has 2 N–H and O–H groups in total. The topological polar surface area (TPSA) is 91.0 Å². The summed E-state index contributed by atoms with van der Waals surface area (Å²) in [6.45, 7) is 3.13. The van der Waals surface area contributed by atoms with Crippen LogP contribution in [0.25, 0.3) is 0 Å². The molecule has 1 aromatic heterocycles. The Kier molecular flexibility index (Phi) is 6.53. The highest BCUT2D eigenvalue weighted by atomic mass is 32.1. The van der Waals surface area contributed by atoms with Gasteiger partial charge in [-0.05, 0) is 49.9 Å². The van der Waals surface area contributed by atoms with Crippen LogP contribution in [0.1, 0.15) is 24.6 Å². The second-order valence-corrected chi connectivity index (χ2v) is 8.57. The minimum absolute atomic E-state index is 0.151. The number of piperidine rings is 1. The summed E-state index contributed by atoms with van der Waals surface area (Å²) >= 11 is 1.50. The predicted octanol–water partition coefficient (Wildman–Crippen LogP) is 2.88. The standard InChI is InChI=1S/C22H26N4O4S/c1-2-30-18-10-4-3-9-17(18)24-19(27)14-25-20-16(8-5-11-23-20)21(28)26(22(25)29)13-15-7-6-12-31-15/h3-4,6-7,9-10,12,16,20,23H,2,5,8,11,13-14H2,1H3,(H,24,27). The average molecular weight is 443 g/mol. The molecule has 0 spiro atoms. The van der Waals surface area contributed by atoms with Gasteiger partial charge < -0.3 is 10.1 Å². The smallest absolute Gasteiger partial charge is 0.328 e. The van der Waals surface area contributed by atoms with E-state index in [2.05, 4.69) is 10.6 Å². The quantitative estimate of drug-likeness (QED) is 0.688. The van der Waals surface area contributed by atoms with Crippen molar-refractivity contribution in [3.8, 4) is 5.75 Å². The van der Waals surface area contributed by atoms with Gasteiger partial charge in [-0.2, -0.15) is 0 Å². The minimum atomic E-state index is -0.471. The molecule has 0 saturated carbocycles. The molecule has 4 amide bonds. The Balaban J connectivity index is 1.53. The van der Waals surface area contributed by atoms with Gasteiger partial charge in [0.25, 0.3) is 0 Å². The molecule has 1 aromatic carbocycles. The zero-order valence-electron chi connectivity index (χ0n) is 17.4. The van der Waals surface area contributed by atoms with Crippen molar-refractivity contribution in [3.05, 3.63) is 46.7 Å². The van der Waals surface area contributed by atoms with Crippen LogP contribution in [0, 0.1) is 5.92 Å². The molecule has 2 saturated heterocycles.